The van der Waals surface area contributed by atoms with Gasteiger partial charge in [0.05, 0.1) is 6.61 Å². The molecule has 0 aromatic rings. The molecule has 0 atom stereocenters. The fourth-order valence-electron chi connectivity index (χ4n) is 3.03. The summed E-state index contributed by atoms with van der Waals surface area (Å²) in [4.78, 5) is 11.9. The molecule has 2 heteroatoms. The van der Waals surface area contributed by atoms with Crippen molar-refractivity contribution in [2.45, 2.75) is 117 Å². The van der Waals surface area contributed by atoms with Crippen LogP contribution in [0.5, 0.6) is 0 Å². The van der Waals surface area contributed by atoms with Crippen LogP contribution in [0.3, 0.4) is 0 Å². The lowest BCUT2D eigenvalue weighted by molar-refractivity contribution is -0.139. The zero-order valence-electron chi connectivity index (χ0n) is 17.4. The Morgan fingerprint density at radius 3 is 1.92 bits per heavy atom. The number of hydrogen-bond donors (Lipinski definition) is 0. The Morgan fingerprint density at radius 1 is 0.800 bits per heavy atom. The van der Waals surface area contributed by atoms with Crippen molar-refractivity contribution < 1.29 is 9.53 Å². The molecule has 0 unspecified atom stereocenters. The Morgan fingerprint density at radius 2 is 1.32 bits per heavy atom. The van der Waals surface area contributed by atoms with Gasteiger partial charge in [-0.2, -0.15) is 0 Å². The molecule has 25 heavy (non-hydrogen) atoms. The summed E-state index contributed by atoms with van der Waals surface area (Å²) in [5.41, 5.74) is 0.655. The number of carbonyl (C=O) groups excluding carboxylic acids is 1. The topological polar surface area (TPSA) is 26.3 Å². The highest BCUT2D eigenvalue weighted by Gasteiger charge is 2.07. The quantitative estimate of drug-likeness (QED) is 0.144. The Bertz CT molecular complexity index is 320. The third-order valence-corrected chi connectivity index (χ3v) is 4.78. The minimum Gasteiger partial charge on any atom is -0.462 e. The van der Waals surface area contributed by atoms with Crippen LogP contribution in [0.25, 0.3) is 0 Å². The van der Waals surface area contributed by atoms with E-state index in [1.165, 1.54) is 70.6 Å². The second kappa shape index (κ2) is 18.0. The molecule has 2 nitrogen and oxygen atoms in total. The van der Waals surface area contributed by atoms with E-state index in [-0.39, 0.29) is 5.97 Å². The normalized spacial score (nSPS) is 11.0. The van der Waals surface area contributed by atoms with Gasteiger partial charge in [-0.05, 0) is 25.2 Å². The van der Waals surface area contributed by atoms with Crippen molar-refractivity contribution in [2.24, 2.45) is 5.92 Å². The molecule has 0 aromatic carbocycles. The SMILES string of the molecule is C=C(CCCCCCCCCC)C(=O)OCCCCCCCC(C)C. The van der Waals surface area contributed by atoms with Gasteiger partial charge in [-0.25, -0.2) is 4.79 Å². The van der Waals surface area contributed by atoms with Crippen molar-refractivity contribution in [3.8, 4) is 0 Å². The van der Waals surface area contributed by atoms with E-state index < -0.39 is 0 Å². The van der Waals surface area contributed by atoms with Crippen molar-refractivity contribution in [3.63, 3.8) is 0 Å². The van der Waals surface area contributed by atoms with Crippen LogP contribution in [0.4, 0.5) is 0 Å². The Labute approximate surface area is 157 Å². The van der Waals surface area contributed by atoms with Crippen molar-refractivity contribution in [1.29, 1.82) is 0 Å². The second-order valence-electron chi connectivity index (χ2n) is 7.91. The minimum atomic E-state index is -0.178. The summed E-state index contributed by atoms with van der Waals surface area (Å²) in [6.07, 6.45) is 18.4. The van der Waals surface area contributed by atoms with Gasteiger partial charge in [0.15, 0.2) is 0 Å². The predicted molar refractivity (Wildman–Crippen MR) is 110 cm³/mol. The number of rotatable bonds is 18. The first-order valence-electron chi connectivity index (χ1n) is 10.9. The second-order valence-corrected chi connectivity index (χ2v) is 7.91. The molecule has 0 saturated heterocycles. The highest BCUT2D eigenvalue weighted by molar-refractivity contribution is 5.87. The number of hydrogen-bond acceptors (Lipinski definition) is 2. The molecule has 0 N–H and O–H groups in total. The van der Waals surface area contributed by atoms with Crippen molar-refractivity contribution in [2.75, 3.05) is 6.61 Å². The van der Waals surface area contributed by atoms with E-state index in [9.17, 15) is 4.79 Å². The van der Waals surface area contributed by atoms with Crippen LogP contribution in [0.15, 0.2) is 12.2 Å². The van der Waals surface area contributed by atoms with Crippen LogP contribution < -0.4 is 0 Å². The highest BCUT2D eigenvalue weighted by Crippen LogP contribution is 2.14. The molecular formula is C23H44O2. The molecule has 0 heterocycles. The Kier molecular flexibility index (Phi) is 17.4. The molecule has 0 saturated carbocycles. The first-order valence-corrected chi connectivity index (χ1v) is 10.9. The average molecular weight is 353 g/mol. The van der Waals surface area contributed by atoms with Gasteiger partial charge >= 0.3 is 5.97 Å². The van der Waals surface area contributed by atoms with Crippen LogP contribution in [0.1, 0.15) is 117 Å². The van der Waals surface area contributed by atoms with Gasteiger partial charge in [-0.15, -0.1) is 0 Å². The van der Waals surface area contributed by atoms with E-state index in [0.29, 0.717) is 12.2 Å². The maximum atomic E-state index is 11.9. The van der Waals surface area contributed by atoms with Gasteiger partial charge in [0.2, 0.25) is 0 Å². The third kappa shape index (κ3) is 17.8. The van der Waals surface area contributed by atoms with Gasteiger partial charge < -0.3 is 4.74 Å². The first kappa shape index (κ1) is 24.2. The summed E-state index contributed by atoms with van der Waals surface area (Å²) >= 11 is 0. The molecule has 0 aliphatic carbocycles. The van der Waals surface area contributed by atoms with E-state index >= 15 is 0 Å². The summed E-state index contributed by atoms with van der Waals surface area (Å²) in [7, 11) is 0. The van der Waals surface area contributed by atoms with E-state index in [0.717, 1.165) is 31.6 Å². The lowest BCUT2D eigenvalue weighted by atomic mass is 10.0. The molecule has 0 spiro atoms. The molecule has 148 valence electrons. The van der Waals surface area contributed by atoms with Crippen LogP contribution in [0, 0.1) is 5.92 Å². The van der Waals surface area contributed by atoms with Gasteiger partial charge in [0.25, 0.3) is 0 Å². The largest absolute Gasteiger partial charge is 0.462 e. The van der Waals surface area contributed by atoms with Crippen molar-refractivity contribution in [1.82, 2.24) is 0 Å². The monoisotopic (exact) mass is 352 g/mol. The number of ether oxygens (including phenoxy) is 1. The molecule has 0 aliphatic rings. The van der Waals surface area contributed by atoms with Gasteiger partial charge in [-0.3, -0.25) is 0 Å². The highest BCUT2D eigenvalue weighted by atomic mass is 16.5. The molecular weight excluding hydrogens is 308 g/mol. The van der Waals surface area contributed by atoms with Crippen molar-refractivity contribution in [3.05, 3.63) is 12.2 Å². The fraction of sp³-hybridized carbons (Fsp3) is 0.870. The maximum Gasteiger partial charge on any atom is 0.333 e. The van der Waals surface area contributed by atoms with E-state index in [1.807, 2.05) is 0 Å². The smallest absolute Gasteiger partial charge is 0.333 e. The number of unbranched alkanes of at least 4 members (excludes halogenated alkanes) is 11. The molecule has 0 bridgehead atoms. The standard InChI is InChI=1S/C23H44O2/c1-5-6-7-8-9-10-13-16-19-22(4)23(24)25-20-17-14-11-12-15-18-21(2)3/h21H,4-20H2,1-3H3. The minimum absolute atomic E-state index is 0.178. The molecule has 0 amide bonds. The summed E-state index contributed by atoms with van der Waals surface area (Å²) in [6, 6.07) is 0. The Hall–Kier alpha value is -0.790. The van der Waals surface area contributed by atoms with Crippen LogP contribution >= 0.6 is 0 Å². The van der Waals surface area contributed by atoms with E-state index in [2.05, 4.69) is 27.4 Å². The van der Waals surface area contributed by atoms with Crippen LogP contribution in [-0.4, -0.2) is 12.6 Å². The lowest BCUT2D eigenvalue weighted by Crippen LogP contribution is -2.08. The predicted octanol–water partition coefficient (Wildman–Crippen LogP) is 7.61. The summed E-state index contributed by atoms with van der Waals surface area (Å²) in [5.74, 6) is 0.635. The number of esters is 1. The van der Waals surface area contributed by atoms with Crippen LogP contribution in [-0.2, 0) is 9.53 Å². The molecule has 0 aromatic heterocycles. The van der Waals surface area contributed by atoms with Gasteiger partial charge in [0, 0.05) is 5.57 Å². The summed E-state index contributed by atoms with van der Waals surface area (Å²) in [5, 5.41) is 0. The molecule has 0 aliphatic heterocycles. The molecule has 0 rings (SSSR count). The lowest BCUT2D eigenvalue weighted by Gasteiger charge is -2.08. The van der Waals surface area contributed by atoms with Gasteiger partial charge in [-0.1, -0.05) is 104 Å². The average Bonchev–Trinajstić information content (AvgIpc) is 2.58. The maximum absolute atomic E-state index is 11.9. The van der Waals surface area contributed by atoms with Gasteiger partial charge in [0.1, 0.15) is 0 Å². The summed E-state index contributed by atoms with van der Waals surface area (Å²) in [6.45, 7) is 11.3. The first-order chi connectivity index (χ1) is 12.1. The fourth-order valence-corrected chi connectivity index (χ4v) is 3.03. The molecule has 0 radical (unpaired) electrons. The third-order valence-electron chi connectivity index (χ3n) is 4.78. The van der Waals surface area contributed by atoms with Crippen LogP contribution in [0.2, 0.25) is 0 Å². The molecule has 0 fully saturated rings. The zero-order chi connectivity index (χ0) is 18.8. The summed E-state index contributed by atoms with van der Waals surface area (Å²) < 4.78 is 5.33. The Balaban J connectivity index is 3.38. The van der Waals surface area contributed by atoms with Crippen molar-refractivity contribution >= 4 is 5.97 Å². The van der Waals surface area contributed by atoms with E-state index in [4.69, 9.17) is 4.74 Å². The zero-order valence-corrected chi connectivity index (χ0v) is 17.4. The van der Waals surface area contributed by atoms with E-state index in [1.54, 1.807) is 0 Å². The number of carbonyl (C=O) groups is 1.